The Morgan fingerprint density at radius 2 is 2.08 bits per heavy atom. The van der Waals surface area contributed by atoms with Crippen molar-refractivity contribution in [3.05, 3.63) is 36.2 Å². The van der Waals surface area contributed by atoms with E-state index in [9.17, 15) is 0 Å². The molecule has 0 radical (unpaired) electrons. The van der Waals surface area contributed by atoms with Gasteiger partial charge in [-0.2, -0.15) is 0 Å². The molecule has 0 saturated carbocycles. The standard InChI is InChI=1S/C12H17N/c1-5-11-7-6-10(9-13-11)8-12(2,3)4/h5-7,9H,1,8H2,2-4H3. The van der Waals surface area contributed by atoms with E-state index in [1.54, 1.807) is 6.08 Å². The summed E-state index contributed by atoms with van der Waals surface area (Å²) in [4.78, 5) is 4.26. The van der Waals surface area contributed by atoms with Gasteiger partial charge in [0, 0.05) is 6.20 Å². The lowest BCUT2D eigenvalue weighted by Gasteiger charge is -2.17. The Balaban J connectivity index is 2.75. The minimum atomic E-state index is 0.331. The summed E-state index contributed by atoms with van der Waals surface area (Å²) < 4.78 is 0. The molecule has 0 atom stereocenters. The van der Waals surface area contributed by atoms with Crippen molar-refractivity contribution >= 4 is 6.08 Å². The second-order valence-corrected chi connectivity index (χ2v) is 4.53. The highest BCUT2D eigenvalue weighted by molar-refractivity contribution is 5.41. The molecule has 1 aromatic rings. The Morgan fingerprint density at radius 1 is 1.38 bits per heavy atom. The van der Waals surface area contributed by atoms with Crippen LogP contribution in [0.1, 0.15) is 32.0 Å². The third-order valence-corrected chi connectivity index (χ3v) is 1.79. The van der Waals surface area contributed by atoms with Gasteiger partial charge in [0.1, 0.15) is 0 Å². The average molecular weight is 175 g/mol. The molecule has 0 bridgehead atoms. The molecule has 0 aromatic carbocycles. The molecule has 0 unspecified atom stereocenters. The van der Waals surface area contributed by atoms with E-state index in [1.165, 1.54) is 5.56 Å². The normalized spacial score (nSPS) is 11.3. The Bertz CT molecular complexity index is 277. The summed E-state index contributed by atoms with van der Waals surface area (Å²) in [7, 11) is 0. The topological polar surface area (TPSA) is 12.9 Å². The van der Waals surface area contributed by atoms with E-state index in [0.29, 0.717) is 5.41 Å². The Kier molecular flexibility index (Phi) is 2.86. The van der Waals surface area contributed by atoms with Gasteiger partial charge < -0.3 is 0 Å². The fraction of sp³-hybridized carbons (Fsp3) is 0.417. The summed E-state index contributed by atoms with van der Waals surface area (Å²) in [5.41, 5.74) is 2.56. The first-order valence-electron chi connectivity index (χ1n) is 4.59. The van der Waals surface area contributed by atoms with Crippen molar-refractivity contribution in [3.63, 3.8) is 0 Å². The summed E-state index contributed by atoms with van der Waals surface area (Å²) >= 11 is 0. The van der Waals surface area contributed by atoms with Gasteiger partial charge in [-0.25, -0.2) is 0 Å². The van der Waals surface area contributed by atoms with E-state index < -0.39 is 0 Å². The van der Waals surface area contributed by atoms with Gasteiger partial charge in [-0.3, -0.25) is 4.98 Å². The predicted molar refractivity (Wildman–Crippen MR) is 57.5 cm³/mol. The maximum Gasteiger partial charge on any atom is 0.0623 e. The highest BCUT2D eigenvalue weighted by Gasteiger charge is 2.10. The van der Waals surface area contributed by atoms with E-state index >= 15 is 0 Å². The molecule has 1 rings (SSSR count). The van der Waals surface area contributed by atoms with Crippen LogP contribution in [0.25, 0.3) is 6.08 Å². The van der Waals surface area contributed by atoms with Crippen LogP contribution in [0, 0.1) is 5.41 Å². The number of nitrogens with zero attached hydrogens (tertiary/aromatic N) is 1. The van der Waals surface area contributed by atoms with Gasteiger partial charge in [0.2, 0.25) is 0 Å². The van der Waals surface area contributed by atoms with E-state index in [0.717, 1.165) is 12.1 Å². The van der Waals surface area contributed by atoms with Crippen molar-refractivity contribution in [3.8, 4) is 0 Å². The summed E-state index contributed by atoms with van der Waals surface area (Å²) in [5.74, 6) is 0. The molecule has 1 heterocycles. The van der Waals surface area contributed by atoms with E-state index in [1.807, 2.05) is 12.3 Å². The van der Waals surface area contributed by atoms with Crippen LogP contribution in [0.3, 0.4) is 0 Å². The zero-order valence-corrected chi connectivity index (χ0v) is 8.67. The first-order valence-corrected chi connectivity index (χ1v) is 4.59. The van der Waals surface area contributed by atoms with Crippen LogP contribution in [-0.4, -0.2) is 4.98 Å². The van der Waals surface area contributed by atoms with Gasteiger partial charge >= 0.3 is 0 Å². The molecule has 0 aliphatic carbocycles. The van der Waals surface area contributed by atoms with Gasteiger partial charge in [0.15, 0.2) is 0 Å². The molecule has 0 N–H and O–H groups in total. The molecule has 0 aliphatic heterocycles. The number of pyridine rings is 1. The van der Waals surface area contributed by atoms with Crippen molar-refractivity contribution in [2.75, 3.05) is 0 Å². The van der Waals surface area contributed by atoms with Crippen LogP contribution in [0.2, 0.25) is 0 Å². The van der Waals surface area contributed by atoms with Gasteiger partial charge in [-0.05, 0) is 29.5 Å². The van der Waals surface area contributed by atoms with E-state index in [2.05, 4.69) is 38.4 Å². The first kappa shape index (κ1) is 9.97. The monoisotopic (exact) mass is 175 g/mol. The third-order valence-electron chi connectivity index (χ3n) is 1.79. The van der Waals surface area contributed by atoms with Crippen LogP contribution in [0.4, 0.5) is 0 Å². The molecule has 70 valence electrons. The van der Waals surface area contributed by atoms with Crippen molar-refractivity contribution in [2.45, 2.75) is 27.2 Å². The van der Waals surface area contributed by atoms with Crippen molar-refractivity contribution in [1.29, 1.82) is 0 Å². The number of rotatable bonds is 2. The van der Waals surface area contributed by atoms with Gasteiger partial charge in [0.05, 0.1) is 5.69 Å². The van der Waals surface area contributed by atoms with Crippen LogP contribution in [0.15, 0.2) is 24.9 Å². The smallest absolute Gasteiger partial charge is 0.0623 e. The SMILES string of the molecule is C=Cc1ccc(CC(C)(C)C)cn1. The third kappa shape index (κ3) is 3.41. The highest BCUT2D eigenvalue weighted by atomic mass is 14.7. The molecule has 13 heavy (non-hydrogen) atoms. The minimum absolute atomic E-state index is 0.331. The molecule has 0 spiro atoms. The lowest BCUT2D eigenvalue weighted by molar-refractivity contribution is 0.410. The fourth-order valence-corrected chi connectivity index (χ4v) is 1.27. The second kappa shape index (κ2) is 3.73. The zero-order valence-electron chi connectivity index (χ0n) is 8.67. The molecule has 0 amide bonds. The molecule has 1 nitrogen and oxygen atoms in total. The molecular weight excluding hydrogens is 158 g/mol. The van der Waals surface area contributed by atoms with E-state index in [4.69, 9.17) is 0 Å². The Labute approximate surface area is 80.5 Å². The number of aromatic nitrogens is 1. The molecule has 1 aromatic heterocycles. The van der Waals surface area contributed by atoms with Crippen molar-refractivity contribution in [1.82, 2.24) is 4.98 Å². The number of hydrogen-bond acceptors (Lipinski definition) is 1. The second-order valence-electron chi connectivity index (χ2n) is 4.53. The largest absolute Gasteiger partial charge is 0.257 e. The van der Waals surface area contributed by atoms with Gasteiger partial charge in [-0.1, -0.05) is 33.4 Å². The van der Waals surface area contributed by atoms with Crippen LogP contribution < -0.4 is 0 Å². The Morgan fingerprint density at radius 3 is 2.46 bits per heavy atom. The van der Waals surface area contributed by atoms with Crippen LogP contribution >= 0.6 is 0 Å². The summed E-state index contributed by atoms with van der Waals surface area (Å²) in [6.45, 7) is 10.4. The van der Waals surface area contributed by atoms with Crippen molar-refractivity contribution < 1.29 is 0 Å². The van der Waals surface area contributed by atoms with Gasteiger partial charge in [-0.15, -0.1) is 0 Å². The van der Waals surface area contributed by atoms with Crippen molar-refractivity contribution in [2.24, 2.45) is 5.41 Å². The average Bonchev–Trinajstić information content (AvgIpc) is 2.03. The first-order chi connectivity index (χ1) is 6.01. The summed E-state index contributed by atoms with van der Waals surface area (Å²) in [6, 6.07) is 4.13. The fourth-order valence-electron chi connectivity index (χ4n) is 1.27. The van der Waals surface area contributed by atoms with Gasteiger partial charge in [0.25, 0.3) is 0 Å². The Hall–Kier alpha value is -1.11. The molecule has 0 fully saturated rings. The summed E-state index contributed by atoms with van der Waals surface area (Å²) in [6.07, 6.45) is 4.76. The highest BCUT2D eigenvalue weighted by Crippen LogP contribution is 2.19. The summed E-state index contributed by atoms with van der Waals surface area (Å²) in [5, 5.41) is 0. The lowest BCUT2D eigenvalue weighted by Crippen LogP contribution is -2.09. The maximum atomic E-state index is 4.26. The molecule has 1 heteroatoms. The number of hydrogen-bond donors (Lipinski definition) is 0. The molecule has 0 aliphatic rings. The lowest BCUT2D eigenvalue weighted by atomic mass is 9.89. The predicted octanol–water partition coefficient (Wildman–Crippen LogP) is 3.31. The molecule has 0 saturated heterocycles. The van der Waals surface area contributed by atoms with Crippen LogP contribution in [-0.2, 0) is 6.42 Å². The van der Waals surface area contributed by atoms with Crippen LogP contribution in [0.5, 0.6) is 0 Å². The maximum absolute atomic E-state index is 4.26. The van der Waals surface area contributed by atoms with E-state index in [-0.39, 0.29) is 0 Å². The quantitative estimate of drug-likeness (QED) is 0.672. The molecular formula is C12H17N. The minimum Gasteiger partial charge on any atom is -0.257 e. The zero-order chi connectivity index (χ0) is 9.90.